The van der Waals surface area contributed by atoms with E-state index >= 15 is 0 Å². The van der Waals surface area contributed by atoms with Crippen molar-refractivity contribution < 1.29 is 38.4 Å². The molecule has 3 saturated carbocycles. The highest BCUT2D eigenvalue weighted by Gasteiger charge is 2.68. The van der Waals surface area contributed by atoms with Gasteiger partial charge in [0, 0.05) is 11.8 Å². The number of aliphatic hydroxyl groups is 1. The lowest BCUT2D eigenvalue weighted by Gasteiger charge is -2.64. The van der Waals surface area contributed by atoms with Crippen LogP contribution in [-0.2, 0) is 34.9 Å². The number of rotatable bonds is 22. The monoisotopic (exact) mass is 861 g/mol. The third-order valence-electron chi connectivity index (χ3n) is 13.3. The minimum atomic E-state index is -1.50. The number of aryl methyl sites for hydroxylation is 1. The molecule has 4 aliphatic rings. The van der Waals surface area contributed by atoms with Gasteiger partial charge in [-0.05, 0) is 127 Å². The molecule has 2 bridgehead atoms. The lowest BCUT2D eigenvalue weighted by Crippen LogP contribution is -2.65. The van der Waals surface area contributed by atoms with Crippen molar-refractivity contribution in [1.82, 2.24) is 31.6 Å². The van der Waals surface area contributed by atoms with E-state index in [2.05, 4.69) is 71.4 Å². The largest absolute Gasteiger partial charge is 0.481 e. The SMILES string of the molecule is CCCCc1ccc(-c2ccc(C(=O)N[C@@H](CCN)C(=O)N[C@H](C(=O)N[C@@H](C)C(=O)N[C@@H](CCCCN)C(=O)N[C@@H](C)B3OC4C[C@@H]5C[C@@H](C5(C)C)[C@]4(C)O3)[C@@H](C)O)cn2)cc1. The molecule has 6 rings (SSSR count). The maximum absolute atomic E-state index is 13.7. The Bertz CT molecular complexity index is 1870. The van der Waals surface area contributed by atoms with E-state index in [1.165, 1.54) is 25.6 Å². The topological polar surface area (TPSA) is 249 Å². The fourth-order valence-electron chi connectivity index (χ4n) is 9.19. The lowest BCUT2D eigenvalue weighted by molar-refractivity contribution is -0.199. The van der Waals surface area contributed by atoms with Gasteiger partial charge in [-0.3, -0.25) is 29.0 Å². The number of carbonyl (C=O) groups excluding carboxylic acids is 5. The van der Waals surface area contributed by atoms with Gasteiger partial charge in [-0.2, -0.15) is 0 Å². The van der Waals surface area contributed by atoms with Crippen LogP contribution in [0.3, 0.4) is 0 Å². The van der Waals surface area contributed by atoms with E-state index in [0.29, 0.717) is 43.3 Å². The molecule has 10 N–H and O–H groups in total. The highest BCUT2D eigenvalue weighted by atomic mass is 16.7. The minimum Gasteiger partial charge on any atom is -0.404 e. The van der Waals surface area contributed by atoms with Crippen LogP contribution >= 0.6 is 0 Å². The van der Waals surface area contributed by atoms with Gasteiger partial charge in [-0.25, -0.2) is 0 Å². The average molecular weight is 861 g/mol. The Kier molecular flexibility index (Phi) is 16.7. The maximum atomic E-state index is 13.7. The Morgan fingerprint density at radius 2 is 1.52 bits per heavy atom. The summed E-state index contributed by atoms with van der Waals surface area (Å²) < 4.78 is 12.9. The smallest absolute Gasteiger partial charge is 0.404 e. The predicted molar refractivity (Wildman–Crippen MR) is 237 cm³/mol. The first-order chi connectivity index (χ1) is 29.4. The van der Waals surface area contributed by atoms with Crippen LogP contribution in [0.15, 0.2) is 42.6 Å². The average Bonchev–Trinajstić information content (AvgIpc) is 3.61. The summed E-state index contributed by atoms with van der Waals surface area (Å²) in [7, 11) is -0.652. The number of aliphatic hydroxyl groups excluding tert-OH is 1. The zero-order valence-electron chi connectivity index (χ0n) is 37.5. The standard InChI is InChI=1S/C45H69BN8O8/c1-8-9-12-29-14-16-30(17-15-29)33-19-18-31(25-49-33)40(57)53-35(20-22-48)42(59)54-38(27(3)55)43(60)50-26(2)39(56)52-34(13-10-11-21-47)41(58)51-28(4)46-61-37-24-32-23-36(44(32,5)6)45(37,7)62-46/h14-19,25-28,32,34-38,55H,8-13,20-24,47-48H2,1-7H3,(H,50,60)(H,51,58)(H,52,56)(H,53,57)(H,54,59)/t26-,27+,28-,32-,34-,35-,36-,37?,38-,45-/m0/s1. The molecule has 2 heterocycles. The molecule has 1 saturated heterocycles. The Balaban J connectivity index is 1.15. The summed E-state index contributed by atoms with van der Waals surface area (Å²) in [6, 6.07) is 6.68. The van der Waals surface area contributed by atoms with Gasteiger partial charge in [0.25, 0.3) is 5.91 Å². The summed E-state index contributed by atoms with van der Waals surface area (Å²) in [6.45, 7) is 13.8. The summed E-state index contributed by atoms with van der Waals surface area (Å²) in [6.07, 6.45) is 6.74. The van der Waals surface area contributed by atoms with Gasteiger partial charge in [-0.15, -0.1) is 0 Å². The molecule has 1 aromatic heterocycles. The Hall–Kier alpha value is -4.42. The molecule has 340 valence electrons. The number of nitrogens with zero attached hydrogens (tertiary/aromatic N) is 1. The van der Waals surface area contributed by atoms with Crippen LogP contribution in [0.5, 0.6) is 0 Å². The highest BCUT2D eigenvalue weighted by molar-refractivity contribution is 6.47. The number of benzene rings is 1. The van der Waals surface area contributed by atoms with Crippen molar-refractivity contribution in [3.63, 3.8) is 0 Å². The molecule has 2 aromatic rings. The second-order valence-electron chi connectivity index (χ2n) is 18.3. The number of nitrogens with one attached hydrogen (secondary N) is 5. The zero-order valence-corrected chi connectivity index (χ0v) is 37.5. The first-order valence-electron chi connectivity index (χ1n) is 22.4. The van der Waals surface area contributed by atoms with Crippen molar-refractivity contribution in [3.05, 3.63) is 53.7 Å². The maximum Gasteiger partial charge on any atom is 0.481 e. The highest BCUT2D eigenvalue weighted by Crippen LogP contribution is 2.65. The third-order valence-corrected chi connectivity index (χ3v) is 13.3. The molecule has 17 heteroatoms. The molecule has 0 radical (unpaired) electrons. The van der Waals surface area contributed by atoms with Crippen LogP contribution in [-0.4, -0.2) is 108 Å². The van der Waals surface area contributed by atoms with Crippen LogP contribution in [0, 0.1) is 17.3 Å². The molecule has 10 atom stereocenters. The van der Waals surface area contributed by atoms with Crippen molar-refractivity contribution in [2.75, 3.05) is 13.1 Å². The predicted octanol–water partition coefficient (Wildman–Crippen LogP) is 2.29. The van der Waals surface area contributed by atoms with Gasteiger partial charge in [0.1, 0.15) is 24.2 Å². The molecule has 62 heavy (non-hydrogen) atoms. The van der Waals surface area contributed by atoms with Gasteiger partial charge >= 0.3 is 7.12 Å². The van der Waals surface area contributed by atoms with Crippen molar-refractivity contribution in [2.45, 2.75) is 154 Å². The fourth-order valence-corrected chi connectivity index (χ4v) is 9.19. The Morgan fingerprint density at radius 3 is 2.13 bits per heavy atom. The van der Waals surface area contributed by atoms with Crippen molar-refractivity contribution >= 4 is 36.7 Å². The molecule has 3 aliphatic carbocycles. The van der Waals surface area contributed by atoms with Crippen molar-refractivity contribution in [1.29, 1.82) is 0 Å². The van der Waals surface area contributed by atoms with Gasteiger partial charge < -0.3 is 52.5 Å². The zero-order chi connectivity index (χ0) is 45.4. The summed E-state index contributed by atoms with van der Waals surface area (Å²) >= 11 is 0. The van der Waals surface area contributed by atoms with E-state index in [9.17, 15) is 29.1 Å². The molecule has 4 fully saturated rings. The van der Waals surface area contributed by atoms with E-state index in [-0.39, 0.29) is 30.0 Å². The van der Waals surface area contributed by atoms with E-state index in [0.717, 1.165) is 37.7 Å². The Morgan fingerprint density at radius 1 is 0.823 bits per heavy atom. The summed E-state index contributed by atoms with van der Waals surface area (Å²) in [5.74, 6) is -2.85. The minimum absolute atomic E-state index is 0.0324. The summed E-state index contributed by atoms with van der Waals surface area (Å²) in [4.78, 5) is 71.9. The Labute approximate surface area is 366 Å². The van der Waals surface area contributed by atoms with Crippen LogP contribution in [0.25, 0.3) is 11.3 Å². The number of nitrogens with two attached hydrogens (primary N) is 2. The van der Waals surface area contributed by atoms with E-state index in [1.807, 2.05) is 19.1 Å². The summed E-state index contributed by atoms with van der Waals surface area (Å²) in [5.41, 5.74) is 14.3. The molecular formula is C45H69BN8O8. The molecule has 0 spiro atoms. The van der Waals surface area contributed by atoms with Crippen molar-refractivity contribution in [3.8, 4) is 11.3 Å². The molecule has 1 aromatic carbocycles. The molecular weight excluding hydrogens is 791 g/mol. The molecule has 5 amide bonds. The van der Waals surface area contributed by atoms with Crippen LogP contribution in [0.1, 0.15) is 116 Å². The number of carbonyl (C=O) groups is 5. The van der Waals surface area contributed by atoms with Gasteiger partial charge in [0.2, 0.25) is 23.6 Å². The van der Waals surface area contributed by atoms with Crippen molar-refractivity contribution in [2.24, 2.45) is 28.7 Å². The fraction of sp³-hybridized carbons (Fsp3) is 0.644. The molecule has 1 aliphatic heterocycles. The van der Waals surface area contributed by atoms with E-state index in [4.69, 9.17) is 20.8 Å². The number of pyridine rings is 1. The lowest BCUT2D eigenvalue weighted by atomic mass is 9.43. The summed E-state index contributed by atoms with van der Waals surface area (Å²) in [5, 5.41) is 24.0. The second-order valence-corrected chi connectivity index (χ2v) is 18.3. The van der Waals surface area contributed by atoms with Gasteiger partial charge in [0.05, 0.1) is 35.0 Å². The van der Waals surface area contributed by atoms with E-state index in [1.54, 1.807) is 12.1 Å². The first-order valence-corrected chi connectivity index (χ1v) is 22.4. The van der Waals surface area contributed by atoms with Gasteiger partial charge in [-0.1, -0.05) is 51.5 Å². The van der Waals surface area contributed by atoms with E-state index < -0.39 is 78.5 Å². The molecule has 16 nitrogen and oxygen atoms in total. The first kappa shape index (κ1) is 48.6. The van der Waals surface area contributed by atoms with Crippen LogP contribution in [0.4, 0.5) is 0 Å². The molecule has 1 unspecified atom stereocenters. The second kappa shape index (κ2) is 21.3. The van der Waals surface area contributed by atoms with Crippen LogP contribution in [0.2, 0.25) is 0 Å². The number of hydrogen-bond donors (Lipinski definition) is 8. The quantitative estimate of drug-likeness (QED) is 0.0631. The third kappa shape index (κ3) is 11.4. The van der Waals surface area contributed by atoms with Crippen LogP contribution < -0.4 is 38.1 Å². The number of aromatic nitrogens is 1. The number of unbranched alkanes of at least 4 members (excludes halogenated alkanes) is 2. The number of amides is 5. The van der Waals surface area contributed by atoms with Gasteiger partial charge in [0.15, 0.2) is 0 Å². The number of hydrogen-bond acceptors (Lipinski definition) is 11. The normalized spacial score (nSPS) is 23.9.